The summed E-state index contributed by atoms with van der Waals surface area (Å²) in [7, 11) is 0. The molecule has 0 amide bonds. The Kier molecular flexibility index (Phi) is 3.74. The lowest BCUT2D eigenvalue weighted by Gasteiger charge is -2.05. The fraction of sp³-hybridized carbons (Fsp3) is 0.545. The lowest BCUT2D eigenvalue weighted by Crippen LogP contribution is -1.99. The molecule has 0 unspecified atom stereocenters. The fourth-order valence-corrected chi connectivity index (χ4v) is 1.49. The Morgan fingerprint density at radius 3 is 2.29 bits per heavy atom. The molecule has 14 heavy (non-hydrogen) atoms. The highest BCUT2D eigenvalue weighted by Crippen LogP contribution is 2.13. The molecule has 78 valence electrons. The van der Waals surface area contributed by atoms with Gasteiger partial charge in [-0.2, -0.15) is 0 Å². The molecule has 0 bridgehead atoms. The van der Waals surface area contributed by atoms with E-state index in [0.29, 0.717) is 11.6 Å². The normalized spacial score (nSPS) is 10.8. The van der Waals surface area contributed by atoms with Gasteiger partial charge in [-0.15, -0.1) is 0 Å². The maximum atomic E-state index is 5.60. The van der Waals surface area contributed by atoms with Crippen molar-refractivity contribution < 1.29 is 0 Å². The van der Waals surface area contributed by atoms with Crippen LogP contribution in [0.4, 0.5) is 11.6 Å². The Morgan fingerprint density at radius 1 is 1.21 bits per heavy atom. The first-order valence-electron chi connectivity index (χ1n) is 5.10. The van der Waals surface area contributed by atoms with Crippen LogP contribution in [0, 0.1) is 5.92 Å². The lowest BCUT2D eigenvalue weighted by atomic mass is 10.0. The number of aromatic nitrogens is 1. The predicted molar refractivity (Wildman–Crippen MR) is 60.8 cm³/mol. The third kappa shape index (κ3) is 3.64. The first kappa shape index (κ1) is 10.8. The molecule has 0 aliphatic heterocycles. The summed E-state index contributed by atoms with van der Waals surface area (Å²) in [5.41, 5.74) is 12.4. The Balaban J connectivity index is 2.50. The zero-order valence-corrected chi connectivity index (χ0v) is 8.96. The van der Waals surface area contributed by atoms with Crippen LogP contribution < -0.4 is 11.5 Å². The Bertz CT molecular complexity index is 274. The first-order valence-corrected chi connectivity index (χ1v) is 5.10. The molecular formula is C11H19N3. The van der Waals surface area contributed by atoms with Crippen molar-refractivity contribution in [3.8, 4) is 0 Å². The highest BCUT2D eigenvalue weighted by molar-refractivity contribution is 5.43. The summed E-state index contributed by atoms with van der Waals surface area (Å²) in [5, 5.41) is 0. The molecule has 0 fully saturated rings. The number of hydrogen-bond acceptors (Lipinski definition) is 3. The third-order valence-electron chi connectivity index (χ3n) is 2.17. The number of hydrogen-bond donors (Lipinski definition) is 2. The minimum Gasteiger partial charge on any atom is -0.384 e. The van der Waals surface area contributed by atoms with Crippen LogP contribution in [0.3, 0.4) is 0 Å². The Labute approximate surface area is 85.5 Å². The number of nitrogens with two attached hydrogens (primary N) is 2. The van der Waals surface area contributed by atoms with Crippen molar-refractivity contribution >= 4 is 11.6 Å². The van der Waals surface area contributed by atoms with Gasteiger partial charge in [0.25, 0.3) is 0 Å². The summed E-state index contributed by atoms with van der Waals surface area (Å²) in [4.78, 5) is 3.93. The highest BCUT2D eigenvalue weighted by Gasteiger charge is 1.99. The van der Waals surface area contributed by atoms with Gasteiger partial charge < -0.3 is 11.5 Å². The Morgan fingerprint density at radius 2 is 1.79 bits per heavy atom. The topological polar surface area (TPSA) is 64.9 Å². The minimum atomic E-state index is 0.518. The SMILES string of the molecule is CC(C)CCCc1cc(N)nc(N)c1. The molecule has 0 aromatic carbocycles. The second-order valence-electron chi connectivity index (χ2n) is 4.11. The molecule has 1 aromatic rings. The molecule has 1 rings (SSSR count). The van der Waals surface area contributed by atoms with Crippen molar-refractivity contribution in [2.24, 2.45) is 5.92 Å². The molecule has 0 saturated carbocycles. The molecule has 1 heterocycles. The molecule has 1 aromatic heterocycles. The van der Waals surface area contributed by atoms with E-state index in [4.69, 9.17) is 11.5 Å². The highest BCUT2D eigenvalue weighted by atomic mass is 14.9. The molecule has 0 saturated heterocycles. The van der Waals surface area contributed by atoms with E-state index < -0.39 is 0 Å². The van der Waals surface area contributed by atoms with Gasteiger partial charge in [-0.25, -0.2) is 4.98 Å². The van der Waals surface area contributed by atoms with E-state index in [1.165, 1.54) is 18.4 Å². The number of rotatable bonds is 4. The average molecular weight is 193 g/mol. The van der Waals surface area contributed by atoms with E-state index in [2.05, 4.69) is 18.8 Å². The molecule has 3 heteroatoms. The van der Waals surface area contributed by atoms with E-state index in [0.717, 1.165) is 12.3 Å². The standard InChI is InChI=1S/C11H19N3/c1-8(2)4-3-5-9-6-10(12)14-11(13)7-9/h6-8H,3-5H2,1-2H3,(H4,12,13,14). The molecule has 4 N–H and O–H groups in total. The molecule has 0 spiro atoms. The summed E-state index contributed by atoms with van der Waals surface area (Å²) in [6.07, 6.45) is 3.46. The van der Waals surface area contributed by atoms with Gasteiger partial charge in [0.1, 0.15) is 11.6 Å². The zero-order valence-electron chi connectivity index (χ0n) is 8.96. The fourth-order valence-electron chi connectivity index (χ4n) is 1.49. The number of pyridine rings is 1. The monoisotopic (exact) mass is 193 g/mol. The summed E-state index contributed by atoms with van der Waals surface area (Å²) in [6.45, 7) is 4.46. The number of anilines is 2. The van der Waals surface area contributed by atoms with Crippen LogP contribution >= 0.6 is 0 Å². The van der Waals surface area contributed by atoms with Gasteiger partial charge in [0.15, 0.2) is 0 Å². The lowest BCUT2D eigenvalue weighted by molar-refractivity contribution is 0.556. The van der Waals surface area contributed by atoms with Gasteiger partial charge in [-0.05, 0) is 36.5 Å². The van der Waals surface area contributed by atoms with Crippen LogP contribution in [0.5, 0.6) is 0 Å². The van der Waals surface area contributed by atoms with E-state index in [9.17, 15) is 0 Å². The van der Waals surface area contributed by atoms with Crippen molar-refractivity contribution in [1.29, 1.82) is 0 Å². The van der Waals surface area contributed by atoms with Crippen molar-refractivity contribution in [3.63, 3.8) is 0 Å². The summed E-state index contributed by atoms with van der Waals surface area (Å²) in [5.74, 6) is 1.79. The van der Waals surface area contributed by atoms with E-state index in [1.807, 2.05) is 12.1 Å². The number of aryl methyl sites for hydroxylation is 1. The van der Waals surface area contributed by atoms with Crippen LogP contribution in [0.25, 0.3) is 0 Å². The van der Waals surface area contributed by atoms with Crippen LogP contribution in [0.2, 0.25) is 0 Å². The molecular weight excluding hydrogens is 174 g/mol. The second-order valence-corrected chi connectivity index (χ2v) is 4.11. The number of nitrogens with zero attached hydrogens (tertiary/aromatic N) is 1. The average Bonchev–Trinajstić information content (AvgIpc) is 2.01. The van der Waals surface area contributed by atoms with Crippen LogP contribution in [-0.2, 0) is 6.42 Å². The van der Waals surface area contributed by atoms with Gasteiger partial charge in [0.2, 0.25) is 0 Å². The molecule has 0 aliphatic carbocycles. The summed E-state index contributed by atoms with van der Waals surface area (Å²) in [6, 6.07) is 3.80. The Hall–Kier alpha value is -1.25. The molecule has 0 radical (unpaired) electrons. The first-order chi connectivity index (χ1) is 6.58. The smallest absolute Gasteiger partial charge is 0.126 e. The van der Waals surface area contributed by atoms with E-state index in [-0.39, 0.29) is 0 Å². The summed E-state index contributed by atoms with van der Waals surface area (Å²) >= 11 is 0. The predicted octanol–water partition coefficient (Wildman–Crippen LogP) is 2.22. The minimum absolute atomic E-state index is 0.518. The van der Waals surface area contributed by atoms with Crippen LogP contribution in [0.15, 0.2) is 12.1 Å². The van der Waals surface area contributed by atoms with Crippen molar-refractivity contribution in [2.45, 2.75) is 33.1 Å². The summed E-state index contributed by atoms with van der Waals surface area (Å²) < 4.78 is 0. The van der Waals surface area contributed by atoms with Crippen molar-refractivity contribution in [2.75, 3.05) is 11.5 Å². The van der Waals surface area contributed by atoms with Crippen molar-refractivity contribution in [3.05, 3.63) is 17.7 Å². The zero-order chi connectivity index (χ0) is 10.6. The van der Waals surface area contributed by atoms with Crippen molar-refractivity contribution in [1.82, 2.24) is 4.98 Å². The van der Waals surface area contributed by atoms with Gasteiger partial charge in [0.05, 0.1) is 0 Å². The molecule has 0 atom stereocenters. The van der Waals surface area contributed by atoms with E-state index in [1.54, 1.807) is 0 Å². The van der Waals surface area contributed by atoms with Gasteiger partial charge in [-0.1, -0.05) is 20.3 Å². The number of nitrogen functional groups attached to an aromatic ring is 2. The van der Waals surface area contributed by atoms with Crippen LogP contribution in [-0.4, -0.2) is 4.98 Å². The largest absolute Gasteiger partial charge is 0.384 e. The van der Waals surface area contributed by atoms with Gasteiger partial charge in [-0.3, -0.25) is 0 Å². The quantitative estimate of drug-likeness (QED) is 0.770. The second kappa shape index (κ2) is 4.84. The van der Waals surface area contributed by atoms with Gasteiger partial charge in [0, 0.05) is 0 Å². The maximum Gasteiger partial charge on any atom is 0.126 e. The third-order valence-corrected chi connectivity index (χ3v) is 2.17. The maximum absolute atomic E-state index is 5.60. The molecule has 3 nitrogen and oxygen atoms in total. The van der Waals surface area contributed by atoms with Crippen LogP contribution in [0.1, 0.15) is 32.3 Å². The van der Waals surface area contributed by atoms with E-state index >= 15 is 0 Å². The molecule has 0 aliphatic rings. The van der Waals surface area contributed by atoms with Gasteiger partial charge >= 0.3 is 0 Å².